The molecule has 2 rings (SSSR count). The van der Waals surface area contributed by atoms with Gasteiger partial charge in [-0.3, -0.25) is 0 Å². The lowest BCUT2D eigenvalue weighted by Crippen LogP contribution is -2.09. The van der Waals surface area contributed by atoms with Crippen LogP contribution in [0.4, 0.5) is 11.4 Å². The first-order valence-electron chi connectivity index (χ1n) is 7.98. The van der Waals surface area contributed by atoms with Crippen molar-refractivity contribution in [2.45, 2.75) is 13.8 Å². The maximum absolute atomic E-state index is 11.9. The molecule has 0 amide bonds. The second kappa shape index (κ2) is 9.22. The number of hydrogen-bond acceptors (Lipinski definition) is 5. The van der Waals surface area contributed by atoms with Crippen LogP contribution in [0.5, 0.6) is 0 Å². The molecule has 0 saturated carbocycles. The second-order valence-corrected chi connectivity index (χ2v) is 4.91. The van der Waals surface area contributed by atoms with Crippen molar-refractivity contribution < 1.29 is 19.1 Å². The molecule has 0 heterocycles. The zero-order valence-electron chi connectivity index (χ0n) is 14.2. The third kappa shape index (κ3) is 4.91. The molecule has 2 aromatic rings. The highest BCUT2D eigenvalue weighted by atomic mass is 16.5. The topological polar surface area (TPSA) is 77.0 Å². The third-order valence-corrected chi connectivity index (χ3v) is 3.25. The number of para-hydroxylation sites is 2. The molecule has 0 bridgehead atoms. The first-order chi connectivity index (χ1) is 12.2. The number of esters is 2. The number of rotatable bonds is 7. The fraction of sp³-hybridized carbons (Fsp3) is 0.211. The first kappa shape index (κ1) is 18.2. The Labute approximate surface area is 146 Å². The fourth-order valence-electron chi connectivity index (χ4n) is 2.13. The lowest BCUT2D eigenvalue weighted by Gasteiger charge is -2.08. The van der Waals surface area contributed by atoms with Crippen LogP contribution >= 0.6 is 0 Å². The van der Waals surface area contributed by atoms with Crippen LogP contribution in [0.25, 0.3) is 0 Å². The van der Waals surface area contributed by atoms with E-state index in [1.807, 2.05) is 0 Å². The molecule has 1 N–H and O–H groups in total. The van der Waals surface area contributed by atoms with E-state index < -0.39 is 11.9 Å². The molecule has 0 spiro atoms. The van der Waals surface area contributed by atoms with E-state index in [4.69, 9.17) is 9.47 Å². The summed E-state index contributed by atoms with van der Waals surface area (Å²) in [5.74, 6) is -0.840. The molecule has 0 fully saturated rings. The Hall–Kier alpha value is -3.15. The highest BCUT2D eigenvalue weighted by molar-refractivity contribution is 5.99. The zero-order chi connectivity index (χ0) is 18.1. The van der Waals surface area contributed by atoms with Crippen LogP contribution in [0.15, 0.2) is 53.5 Å². The predicted molar refractivity (Wildman–Crippen MR) is 96.6 cm³/mol. The largest absolute Gasteiger partial charge is 0.462 e. The van der Waals surface area contributed by atoms with Gasteiger partial charge in [-0.25, -0.2) is 14.6 Å². The minimum Gasteiger partial charge on any atom is -0.462 e. The molecular weight excluding hydrogens is 320 g/mol. The maximum atomic E-state index is 11.9. The summed E-state index contributed by atoms with van der Waals surface area (Å²) >= 11 is 0. The second-order valence-electron chi connectivity index (χ2n) is 4.91. The number of nitrogens with zero attached hydrogens (tertiary/aromatic N) is 1. The third-order valence-electron chi connectivity index (χ3n) is 3.25. The van der Waals surface area contributed by atoms with E-state index in [1.165, 1.54) is 6.34 Å². The van der Waals surface area contributed by atoms with E-state index in [0.29, 0.717) is 35.7 Å². The maximum Gasteiger partial charge on any atom is 0.340 e. The summed E-state index contributed by atoms with van der Waals surface area (Å²) in [6.07, 6.45) is 1.43. The summed E-state index contributed by atoms with van der Waals surface area (Å²) in [5.41, 5.74) is 1.83. The number of carbonyl (C=O) groups is 2. The van der Waals surface area contributed by atoms with Gasteiger partial charge < -0.3 is 14.8 Å². The lowest BCUT2D eigenvalue weighted by molar-refractivity contribution is 0.0518. The van der Waals surface area contributed by atoms with Crippen molar-refractivity contribution in [3.8, 4) is 0 Å². The molecule has 25 heavy (non-hydrogen) atoms. The smallest absolute Gasteiger partial charge is 0.340 e. The van der Waals surface area contributed by atoms with Gasteiger partial charge in [-0.2, -0.15) is 0 Å². The number of benzene rings is 2. The standard InChI is InChI=1S/C19H20N2O4/c1-3-24-18(22)14-9-5-7-11-16(14)20-13-21-17-12-8-6-10-15(17)19(23)25-4-2/h5-13H,3-4H2,1-2H3,(H,20,21). The van der Waals surface area contributed by atoms with Crippen molar-refractivity contribution in [1.82, 2.24) is 0 Å². The Balaban J connectivity index is 2.18. The van der Waals surface area contributed by atoms with Gasteiger partial charge in [-0.05, 0) is 38.1 Å². The molecule has 0 unspecified atom stereocenters. The number of anilines is 1. The Kier molecular flexibility index (Phi) is 6.71. The van der Waals surface area contributed by atoms with E-state index >= 15 is 0 Å². The lowest BCUT2D eigenvalue weighted by atomic mass is 10.2. The van der Waals surface area contributed by atoms with Gasteiger partial charge in [0, 0.05) is 0 Å². The van der Waals surface area contributed by atoms with Crippen LogP contribution in [0.3, 0.4) is 0 Å². The highest BCUT2D eigenvalue weighted by Crippen LogP contribution is 2.20. The van der Waals surface area contributed by atoms with Gasteiger partial charge in [0.2, 0.25) is 0 Å². The molecule has 6 nitrogen and oxygen atoms in total. The Morgan fingerprint density at radius 2 is 1.48 bits per heavy atom. The van der Waals surface area contributed by atoms with E-state index in [-0.39, 0.29) is 0 Å². The van der Waals surface area contributed by atoms with Gasteiger partial charge in [0.1, 0.15) is 0 Å². The van der Waals surface area contributed by atoms with Crippen LogP contribution in [-0.4, -0.2) is 31.5 Å². The normalized spacial score (nSPS) is 10.5. The molecule has 0 aromatic heterocycles. The molecule has 6 heteroatoms. The van der Waals surface area contributed by atoms with Gasteiger partial charge in [-0.15, -0.1) is 0 Å². The summed E-state index contributed by atoms with van der Waals surface area (Å²) in [6, 6.07) is 13.8. The molecule has 0 atom stereocenters. The number of carbonyl (C=O) groups excluding carboxylic acids is 2. The zero-order valence-corrected chi connectivity index (χ0v) is 14.2. The summed E-state index contributed by atoms with van der Waals surface area (Å²) in [4.78, 5) is 28.1. The van der Waals surface area contributed by atoms with Crippen LogP contribution < -0.4 is 5.32 Å². The van der Waals surface area contributed by atoms with Crippen molar-refractivity contribution in [3.05, 3.63) is 59.7 Å². The molecule has 2 aromatic carbocycles. The minimum atomic E-state index is -0.429. The first-order valence-corrected chi connectivity index (χ1v) is 7.98. The van der Waals surface area contributed by atoms with E-state index in [0.717, 1.165) is 0 Å². The van der Waals surface area contributed by atoms with E-state index in [1.54, 1.807) is 62.4 Å². The van der Waals surface area contributed by atoms with Crippen LogP contribution in [0.2, 0.25) is 0 Å². The SMILES string of the molecule is CCOC(=O)c1ccccc1N=CNc1ccccc1C(=O)OCC. The Bertz CT molecular complexity index is 772. The summed E-state index contributed by atoms with van der Waals surface area (Å²) in [7, 11) is 0. The monoisotopic (exact) mass is 340 g/mol. The number of hydrogen-bond donors (Lipinski definition) is 1. The van der Waals surface area contributed by atoms with Crippen LogP contribution in [0.1, 0.15) is 34.6 Å². The van der Waals surface area contributed by atoms with Crippen molar-refractivity contribution >= 4 is 29.7 Å². The van der Waals surface area contributed by atoms with E-state index in [2.05, 4.69) is 10.3 Å². The van der Waals surface area contributed by atoms with Gasteiger partial charge in [0.15, 0.2) is 0 Å². The van der Waals surface area contributed by atoms with Crippen LogP contribution in [0, 0.1) is 0 Å². The fourth-order valence-corrected chi connectivity index (χ4v) is 2.13. The summed E-state index contributed by atoms with van der Waals surface area (Å²) in [6.45, 7) is 4.09. The van der Waals surface area contributed by atoms with E-state index in [9.17, 15) is 9.59 Å². The predicted octanol–water partition coefficient (Wildman–Crippen LogP) is 3.81. The number of aliphatic imine (C=N–C) groups is 1. The Morgan fingerprint density at radius 3 is 2.16 bits per heavy atom. The molecule has 0 saturated heterocycles. The molecule has 0 radical (unpaired) electrons. The molecule has 0 aliphatic carbocycles. The molecule has 0 aliphatic rings. The number of nitrogens with one attached hydrogen (secondary N) is 1. The minimum absolute atomic E-state index is 0.294. The van der Waals surface area contributed by atoms with Crippen LogP contribution in [-0.2, 0) is 9.47 Å². The molecular formula is C19H20N2O4. The summed E-state index contributed by atoms with van der Waals surface area (Å²) < 4.78 is 10.0. The summed E-state index contributed by atoms with van der Waals surface area (Å²) in [5, 5.41) is 2.95. The molecule has 130 valence electrons. The van der Waals surface area contributed by atoms with Crippen molar-refractivity contribution in [3.63, 3.8) is 0 Å². The number of ether oxygens (including phenoxy) is 2. The Morgan fingerprint density at radius 1 is 0.920 bits per heavy atom. The van der Waals surface area contributed by atoms with Crippen molar-refractivity contribution in [2.24, 2.45) is 4.99 Å². The van der Waals surface area contributed by atoms with Crippen molar-refractivity contribution in [1.29, 1.82) is 0 Å². The van der Waals surface area contributed by atoms with Gasteiger partial charge in [0.25, 0.3) is 0 Å². The van der Waals surface area contributed by atoms with Gasteiger partial charge in [-0.1, -0.05) is 24.3 Å². The highest BCUT2D eigenvalue weighted by Gasteiger charge is 2.12. The van der Waals surface area contributed by atoms with Gasteiger partial charge >= 0.3 is 11.9 Å². The quantitative estimate of drug-likeness (QED) is 0.471. The average molecular weight is 340 g/mol. The molecule has 0 aliphatic heterocycles. The average Bonchev–Trinajstić information content (AvgIpc) is 2.63. The van der Waals surface area contributed by atoms with Crippen molar-refractivity contribution in [2.75, 3.05) is 18.5 Å². The van der Waals surface area contributed by atoms with Gasteiger partial charge in [0.05, 0.1) is 42.1 Å².